The van der Waals surface area contributed by atoms with Crippen molar-refractivity contribution < 1.29 is 23.8 Å². The van der Waals surface area contributed by atoms with Gasteiger partial charge in [0.2, 0.25) is 6.29 Å². The van der Waals surface area contributed by atoms with E-state index in [0.717, 1.165) is 31.7 Å². The molecule has 0 amide bonds. The Bertz CT molecular complexity index is 455. The zero-order valence-electron chi connectivity index (χ0n) is 10.8. The summed E-state index contributed by atoms with van der Waals surface area (Å²) in [6.07, 6.45) is 3.68. The first kappa shape index (κ1) is 13.8. The van der Waals surface area contributed by atoms with Gasteiger partial charge in [-0.25, -0.2) is 9.18 Å². The number of benzene rings is 1. The lowest BCUT2D eigenvalue weighted by Gasteiger charge is -2.23. The van der Waals surface area contributed by atoms with Gasteiger partial charge in [-0.2, -0.15) is 0 Å². The highest BCUT2D eigenvalue weighted by molar-refractivity contribution is 5.88. The Kier molecular flexibility index (Phi) is 4.37. The number of carboxylic acids is 1. The lowest BCUT2D eigenvalue weighted by Crippen LogP contribution is -2.27. The van der Waals surface area contributed by atoms with E-state index in [1.165, 1.54) is 19.2 Å². The van der Waals surface area contributed by atoms with Crippen LogP contribution in [0.2, 0.25) is 0 Å². The molecule has 19 heavy (non-hydrogen) atoms. The fourth-order valence-electron chi connectivity index (χ4n) is 2.42. The highest BCUT2D eigenvalue weighted by Crippen LogP contribution is 2.31. The van der Waals surface area contributed by atoms with Crippen LogP contribution in [0.4, 0.5) is 4.39 Å². The smallest absolute Gasteiger partial charge is 0.335 e. The molecule has 0 radical (unpaired) electrons. The molecule has 1 saturated carbocycles. The summed E-state index contributed by atoms with van der Waals surface area (Å²) < 4.78 is 24.4. The van der Waals surface area contributed by atoms with Gasteiger partial charge in [0.15, 0.2) is 11.6 Å². The number of methoxy groups -OCH3 is 1. The largest absolute Gasteiger partial charge is 0.478 e. The van der Waals surface area contributed by atoms with E-state index in [2.05, 4.69) is 0 Å². The first-order valence-corrected chi connectivity index (χ1v) is 6.34. The molecule has 4 nitrogen and oxygen atoms in total. The SMILES string of the molecule is COC(Oc1cc(C(=O)O)ccc1F)C1CCCC1. The van der Waals surface area contributed by atoms with Crippen LogP contribution in [0.25, 0.3) is 0 Å². The van der Waals surface area contributed by atoms with Gasteiger partial charge >= 0.3 is 5.97 Å². The molecule has 5 heteroatoms. The second-order valence-corrected chi connectivity index (χ2v) is 4.72. The Hall–Kier alpha value is -1.62. The molecule has 1 aromatic rings. The Balaban J connectivity index is 2.15. The molecule has 1 aromatic carbocycles. The Morgan fingerprint density at radius 1 is 1.42 bits per heavy atom. The predicted molar refractivity (Wildman–Crippen MR) is 66.7 cm³/mol. The van der Waals surface area contributed by atoms with Crippen molar-refractivity contribution >= 4 is 5.97 Å². The van der Waals surface area contributed by atoms with Gasteiger partial charge in [-0.3, -0.25) is 0 Å². The monoisotopic (exact) mass is 268 g/mol. The molecular weight excluding hydrogens is 251 g/mol. The van der Waals surface area contributed by atoms with E-state index in [0.29, 0.717) is 0 Å². The number of hydrogen-bond donors (Lipinski definition) is 1. The van der Waals surface area contributed by atoms with Crippen LogP contribution in [-0.2, 0) is 4.74 Å². The second kappa shape index (κ2) is 6.02. The van der Waals surface area contributed by atoms with Gasteiger partial charge in [-0.15, -0.1) is 0 Å². The van der Waals surface area contributed by atoms with Gasteiger partial charge < -0.3 is 14.6 Å². The van der Waals surface area contributed by atoms with Crippen molar-refractivity contribution in [2.45, 2.75) is 32.0 Å². The molecule has 0 saturated heterocycles. The van der Waals surface area contributed by atoms with Gasteiger partial charge in [0.1, 0.15) is 0 Å². The molecule has 1 aliphatic rings. The molecule has 1 unspecified atom stereocenters. The van der Waals surface area contributed by atoms with E-state index in [-0.39, 0.29) is 17.2 Å². The number of rotatable bonds is 5. The molecular formula is C14H17FO4. The Labute approximate surface area is 111 Å². The number of aromatic carboxylic acids is 1. The fourth-order valence-corrected chi connectivity index (χ4v) is 2.42. The summed E-state index contributed by atoms with van der Waals surface area (Å²) in [6, 6.07) is 3.50. The molecule has 0 heterocycles. The van der Waals surface area contributed by atoms with Gasteiger partial charge in [-0.05, 0) is 31.0 Å². The minimum atomic E-state index is -1.11. The molecule has 0 spiro atoms. The topological polar surface area (TPSA) is 55.8 Å². The highest BCUT2D eigenvalue weighted by atomic mass is 19.1. The lowest BCUT2D eigenvalue weighted by molar-refractivity contribution is -0.0925. The second-order valence-electron chi connectivity index (χ2n) is 4.72. The summed E-state index contributed by atoms with van der Waals surface area (Å²) in [5, 5.41) is 8.89. The molecule has 0 bridgehead atoms. The van der Waals surface area contributed by atoms with E-state index in [4.69, 9.17) is 14.6 Å². The summed E-state index contributed by atoms with van der Waals surface area (Å²) >= 11 is 0. The van der Waals surface area contributed by atoms with Crippen LogP contribution in [0.3, 0.4) is 0 Å². The first-order valence-electron chi connectivity index (χ1n) is 6.34. The van der Waals surface area contributed by atoms with Crippen molar-refractivity contribution in [2.75, 3.05) is 7.11 Å². The first-order chi connectivity index (χ1) is 9.11. The molecule has 1 atom stereocenters. The summed E-state index contributed by atoms with van der Waals surface area (Å²) in [4.78, 5) is 10.9. The third kappa shape index (κ3) is 3.23. The van der Waals surface area contributed by atoms with E-state index in [1.54, 1.807) is 0 Å². The number of ether oxygens (including phenoxy) is 2. The van der Waals surface area contributed by atoms with Crippen LogP contribution >= 0.6 is 0 Å². The fraction of sp³-hybridized carbons (Fsp3) is 0.500. The van der Waals surface area contributed by atoms with Gasteiger partial charge in [-0.1, -0.05) is 12.8 Å². The molecule has 104 valence electrons. The average molecular weight is 268 g/mol. The normalized spacial score (nSPS) is 17.4. The molecule has 1 aliphatic carbocycles. The van der Waals surface area contributed by atoms with Crippen LogP contribution in [0.1, 0.15) is 36.0 Å². The van der Waals surface area contributed by atoms with Crippen molar-refractivity contribution in [3.8, 4) is 5.75 Å². The minimum Gasteiger partial charge on any atom is -0.478 e. The third-order valence-corrected chi connectivity index (χ3v) is 3.44. The summed E-state index contributed by atoms with van der Waals surface area (Å²) in [6.45, 7) is 0. The van der Waals surface area contributed by atoms with E-state index >= 15 is 0 Å². The lowest BCUT2D eigenvalue weighted by atomic mass is 10.1. The van der Waals surface area contributed by atoms with Crippen LogP contribution < -0.4 is 4.74 Å². The standard InChI is InChI=1S/C14H17FO4/c1-18-14(9-4-2-3-5-9)19-12-8-10(13(16)17)6-7-11(12)15/h6-9,14H,2-5H2,1H3,(H,16,17). The number of halogens is 1. The Morgan fingerprint density at radius 3 is 2.68 bits per heavy atom. The molecule has 2 rings (SSSR count). The minimum absolute atomic E-state index is 0.00215. The van der Waals surface area contributed by atoms with E-state index in [1.807, 2.05) is 0 Å². The van der Waals surface area contributed by atoms with Crippen LogP contribution in [0, 0.1) is 11.7 Å². The number of carbonyl (C=O) groups is 1. The van der Waals surface area contributed by atoms with Crippen molar-refractivity contribution in [3.63, 3.8) is 0 Å². The molecule has 1 fully saturated rings. The number of hydrogen-bond acceptors (Lipinski definition) is 3. The van der Waals surface area contributed by atoms with Crippen LogP contribution in [0.15, 0.2) is 18.2 Å². The van der Waals surface area contributed by atoms with Crippen molar-refractivity contribution in [2.24, 2.45) is 5.92 Å². The number of carboxylic acid groups (broad SMARTS) is 1. The maximum Gasteiger partial charge on any atom is 0.335 e. The summed E-state index contributed by atoms with van der Waals surface area (Å²) in [5.41, 5.74) is -0.00215. The Morgan fingerprint density at radius 2 is 2.11 bits per heavy atom. The average Bonchev–Trinajstić information content (AvgIpc) is 2.91. The summed E-state index contributed by atoms with van der Waals surface area (Å²) in [7, 11) is 1.52. The van der Waals surface area contributed by atoms with Crippen LogP contribution in [-0.4, -0.2) is 24.5 Å². The quantitative estimate of drug-likeness (QED) is 0.834. The van der Waals surface area contributed by atoms with Crippen molar-refractivity contribution in [1.29, 1.82) is 0 Å². The molecule has 1 N–H and O–H groups in total. The third-order valence-electron chi connectivity index (χ3n) is 3.44. The van der Waals surface area contributed by atoms with Gasteiger partial charge in [0.05, 0.1) is 5.56 Å². The van der Waals surface area contributed by atoms with E-state index < -0.39 is 18.1 Å². The van der Waals surface area contributed by atoms with Crippen molar-refractivity contribution in [3.05, 3.63) is 29.6 Å². The maximum atomic E-state index is 13.6. The highest BCUT2D eigenvalue weighted by Gasteiger charge is 2.27. The summed E-state index contributed by atoms with van der Waals surface area (Å²) in [5.74, 6) is -1.53. The zero-order chi connectivity index (χ0) is 13.8. The molecule has 0 aliphatic heterocycles. The van der Waals surface area contributed by atoms with Gasteiger partial charge in [0.25, 0.3) is 0 Å². The maximum absolute atomic E-state index is 13.6. The molecule has 0 aromatic heterocycles. The van der Waals surface area contributed by atoms with Crippen LogP contribution in [0.5, 0.6) is 5.75 Å². The zero-order valence-corrected chi connectivity index (χ0v) is 10.8. The van der Waals surface area contributed by atoms with Gasteiger partial charge in [0, 0.05) is 13.0 Å². The predicted octanol–water partition coefficient (Wildman–Crippen LogP) is 3.07. The van der Waals surface area contributed by atoms with E-state index in [9.17, 15) is 9.18 Å². The van der Waals surface area contributed by atoms with Crippen molar-refractivity contribution in [1.82, 2.24) is 0 Å².